The summed E-state index contributed by atoms with van der Waals surface area (Å²) in [6.45, 7) is 1.97. The van der Waals surface area contributed by atoms with Gasteiger partial charge in [0.25, 0.3) is 5.91 Å². The Balaban J connectivity index is 1.96. The van der Waals surface area contributed by atoms with Gasteiger partial charge in [-0.3, -0.25) is 4.79 Å². The van der Waals surface area contributed by atoms with Crippen LogP contribution in [0.3, 0.4) is 0 Å². The van der Waals surface area contributed by atoms with Crippen LogP contribution in [0.4, 0.5) is 0 Å². The molecule has 0 N–H and O–H groups in total. The van der Waals surface area contributed by atoms with Crippen LogP contribution in [0.2, 0.25) is 0 Å². The van der Waals surface area contributed by atoms with E-state index in [1.54, 1.807) is 14.0 Å². The summed E-state index contributed by atoms with van der Waals surface area (Å²) in [5.74, 6) is 6.46. The third-order valence-corrected chi connectivity index (χ3v) is 2.37. The summed E-state index contributed by atoms with van der Waals surface area (Å²) in [4.78, 5) is 17.1. The first-order valence-electron chi connectivity index (χ1n) is 5.21. The smallest absolute Gasteiger partial charge is 0.298 e. The number of amides is 1. The summed E-state index contributed by atoms with van der Waals surface area (Å²) in [6, 6.07) is 0. The maximum atomic E-state index is 11.4. The summed E-state index contributed by atoms with van der Waals surface area (Å²) in [6.07, 6.45) is 2.25. The van der Waals surface area contributed by atoms with Crippen molar-refractivity contribution in [3.8, 4) is 11.8 Å². The number of hydrogen-bond acceptors (Lipinski definition) is 4. The highest BCUT2D eigenvalue weighted by molar-refractivity contribution is 5.93. The third-order valence-electron chi connectivity index (χ3n) is 2.37. The molecule has 0 spiro atoms. The fourth-order valence-electron chi connectivity index (χ4n) is 1.31. The maximum Gasteiger partial charge on any atom is 0.298 e. The molecule has 1 aliphatic rings. The van der Waals surface area contributed by atoms with E-state index in [1.807, 2.05) is 0 Å². The monoisotopic (exact) mass is 219 g/mol. The average Bonchev–Trinajstić information content (AvgIpc) is 3.01. The molecule has 1 heterocycles. The number of carbonyl (C=O) groups is 1. The van der Waals surface area contributed by atoms with Gasteiger partial charge in [-0.1, -0.05) is 11.1 Å². The van der Waals surface area contributed by atoms with E-state index in [0.717, 1.165) is 12.8 Å². The highest BCUT2D eigenvalue weighted by Crippen LogP contribution is 2.38. The minimum atomic E-state index is -0.236. The Kier molecular flexibility index (Phi) is 2.91. The topological polar surface area (TPSA) is 59.2 Å². The number of hydrogen-bond donors (Lipinski definition) is 0. The van der Waals surface area contributed by atoms with E-state index in [1.165, 1.54) is 4.90 Å². The van der Waals surface area contributed by atoms with Crippen molar-refractivity contribution in [1.29, 1.82) is 0 Å². The summed E-state index contributed by atoms with van der Waals surface area (Å²) >= 11 is 0. The van der Waals surface area contributed by atoms with E-state index in [-0.39, 0.29) is 5.91 Å². The van der Waals surface area contributed by atoms with Crippen LogP contribution in [-0.2, 0) is 11.3 Å². The molecule has 1 aromatic rings. The molecule has 1 aromatic heterocycles. The fraction of sp³-hybridized carbons (Fsp3) is 0.545. The van der Waals surface area contributed by atoms with Crippen molar-refractivity contribution in [3.63, 3.8) is 0 Å². The Morgan fingerprint density at radius 1 is 1.62 bits per heavy atom. The molecular weight excluding hydrogens is 206 g/mol. The molecule has 0 unspecified atom stereocenters. The number of rotatable bonds is 3. The standard InChI is InChI=1S/C11H13N3O2/c1-3-4-10(15)14(2)7-9-12-11(16-13-9)8-5-6-8/h8H,5-7H2,1-2H3. The van der Waals surface area contributed by atoms with Crippen LogP contribution in [0.15, 0.2) is 4.52 Å². The molecule has 16 heavy (non-hydrogen) atoms. The molecule has 1 fully saturated rings. The lowest BCUT2D eigenvalue weighted by Crippen LogP contribution is -2.25. The molecule has 0 atom stereocenters. The number of aromatic nitrogens is 2. The molecule has 5 heteroatoms. The summed E-state index contributed by atoms with van der Waals surface area (Å²) < 4.78 is 5.09. The Bertz CT molecular complexity index is 451. The molecule has 0 aromatic carbocycles. The van der Waals surface area contributed by atoms with Crippen molar-refractivity contribution >= 4 is 5.91 Å². The number of nitrogens with zero attached hydrogens (tertiary/aromatic N) is 3. The highest BCUT2D eigenvalue weighted by Gasteiger charge is 2.29. The van der Waals surface area contributed by atoms with Gasteiger partial charge in [0.1, 0.15) is 0 Å². The predicted molar refractivity (Wildman–Crippen MR) is 56.2 cm³/mol. The second-order valence-electron chi connectivity index (χ2n) is 3.86. The zero-order valence-corrected chi connectivity index (χ0v) is 9.36. The molecular formula is C11H13N3O2. The Hall–Kier alpha value is -1.83. The second-order valence-corrected chi connectivity index (χ2v) is 3.86. The van der Waals surface area contributed by atoms with Crippen LogP contribution in [0, 0.1) is 11.8 Å². The lowest BCUT2D eigenvalue weighted by molar-refractivity contribution is -0.124. The van der Waals surface area contributed by atoms with Crippen molar-refractivity contribution < 1.29 is 9.32 Å². The largest absolute Gasteiger partial charge is 0.339 e. The predicted octanol–water partition coefficient (Wildman–Crippen LogP) is 0.929. The van der Waals surface area contributed by atoms with Crippen LogP contribution in [0.1, 0.15) is 37.4 Å². The zero-order chi connectivity index (χ0) is 11.5. The summed E-state index contributed by atoms with van der Waals surface area (Å²) in [5.41, 5.74) is 0. The molecule has 0 bridgehead atoms. The normalized spacial score (nSPS) is 14.1. The van der Waals surface area contributed by atoms with Crippen molar-refractivity contribution in [3.05, 3.63) is 11.7 Å². The van der Waals surface area contributed by atoms with Gasteiger partial charge in [-0.05, 0) is 25.7 Å². The van der Waals surface area contributed by atoms with Gasteiger partial charge in [-0.25, -0.2) is 0 Å². The first-order valence-corrected chi connectivity index (χ1v) is 5.21. The molecule has 2 rings (SSSR count). The lowest BCUT2D eigenvalue weighted by Gasteiger charge is -2.09. The molecule has 1 saturated carbocycles. The molecule has 0 aliphatic heterocycles. The fourth-order valence-corrected chi connectivity index (χ4v) is 1.31. The van der Waals surface area contributed by atoms with Gasteiger partial charge in [-0.15, -0.1) is 0 Å². The molecule has 1 amide bonds. The van der Waals surface area contributed by atoms with Gasteiger partial charge in [0.05, 0.1) is 6.54 Å². The SMILES string of the molecule is CC#CC(=O)N(C)Cc1noc(C2CC2)n1. The minimum absolute atomic E-state index is 0.236. The molecule has 1 aliphatic carbocycles. The Morgan fingerprint density at radius 2 is 2.38 bits per heavy atom. The van der Waals surface area contributed by atoms with Crippen molar-refractivity contribution in [1.82, 2.24) is 15.0 Å². The summed E-state index contributed by atoms with van der Waals surface area (Å²) in [5, 5.41) is 3.83. The van der Waals surface area contributed by atoms with E-state index < -0.39 is 0 Å². The molecule has 84 valence electrons. The Morgan fingerprint density at radius 3 is 3.00 bits per heavy atom. The highest BCUT2D eigenvalue weighted by atomic mass is 16.5. The van der Waals surface area contributed by atoms with Gasteiger partial charge >= 0.3 is 0 Å². The van der Waals surface area contributed by atoms with E-state index in [4.69, 9.17) is 4.52 Å². The van der Waals surface area contributed by atoms with Crippen LogP contribution >= 0.6 is 0 Å². The van der Waals surface area contributed by atoms with Gasteiger partial charge in [0, 0.05) is 13.0 Å². The van der Waals surface area contributed by atoms with E-state index in [0.29, 0.717) is 24.2 Å². The first-order chi connectivity index (χ1) is 7.70. The molecule has 0 saturated heterocycles. The van der Waals surface area contributed by atoms with E-state index in [9.17, 15) is 4.79 Å². The van der Waals surface area contributed by atoms with Crippen molar-refractivity contribution in [2.75, 3.05) is 7.05 Å². The molecule has 5 nitrogen and oxygen atoms in total. The van der Waals surface area contributed by atoms with Crippen molar-refractivity contribution in [2.45, 2.75) is 32.2 Å². The van der Waals surface area contributed by atoms with Gasteiger partial charge in [0.2, 0.25) is 5.89 Å². The van der Waals surface area contributed by atoms with Crippen molar-refractivity contribution in [2.24, 2.45) is 0 Å². The van der Waals surface area contributed by atoms with Gasteiger partial charge in [0.15, 0.2) is 5.82 Å². The van der Waals surface area contributed by atoms with Crippen LogP contribution < -0.4 is 0 Å². The van der Waals surface area contributed by atoms with Gasteiger partial charge in [-0.2, -0.15) is 4.98 Å². The van der Waals surface area contributed by atoms with Crippen LogP contribution in [0.5, 0.6) is 0 Å². The van der Waals surface area contributed by atoms with E-state index >= 15 is 0 Å². The first kappa shape index (κ1) is 10.7. The van der Waals surface area contributed by atoms with E-state index in [2.05, 4.69) is 22.0 Å². The summed E-state index contributed by atoms with van der Waals surface area (Å²) in [7, 11) is 1.67. The average molecular weight is 219 g/mol. The number of carbonyl (C=O) groups excluding carboxylic acids is 1. The maximum absolute atomic E-state index is 11.4. The van der Waals surface area contributed by atoms with Crippen LogP contribution in [-0.4, -0.2) is 28.0 Å². The quantitative estimate of drug-likeness (QED) is 0.709. The molecule has 0 radical (unpaired) electrons. The zero-order valence-electron chi connectivity index (χ0n) is 9.36. The van der Waals surface area contributed by atoms with Crippen LogP contribution in [0.25, 0.3) is 0 Å². The minimum Gasteiger partial charge on any atom is -0.339 e. The Labute approximate surface area is 93.8 Å². The third kappa shape index (κ3) is 2.40. The van der Waals surface area contributed by atoms with Gasteiger partial charge < -0.3 is 9.42 Å². The second kappa shape index (κ2) is 4.35. The lowest BCUT2D eigenvalue weighted by atomic mass is 10.4.